The number of anilines is 2. The molecule has 0 aliphatic heterocycles. The van der Waals surface area contributed by atoms with E-state index in [1.165, 1.54) is 31.4 Å². The van der Waals surface area contributed by atoms with E-state index in [9.17, 15) is 27.5 Å². The first-order valence-electron chi connectivity index (χ1n) is 11.2. The Bertz CT molecular complexity index is 1540. The molecular weight excluding hydrogens is 535 g/mol. The number of alkyl halides is 1. The van der Waals surface area contributed by atoms with Crippen LogP contribution in [0.4, 0.5) is 15.8 Å². The van der Waals surface area contributed by atoms with E-state index in [0.29, 0.717) is 5.57 Å². The smallest absolute Gasteiger partial charge is 0.315 e. The highest BCUT2D eigenvalue weighted by atomic mass is 35.5. The van der Waals surface area contributed by atoms with Crippen LogP contribution in [0.15, 0.2) is 95.9 Å². The number of halogens is 2. The summed E-state index contributed by atoms with van der Waals surface area (Å²) in [6, 6.07) is 17.0. The fourth-order valence-corrected chi connectivity index (χ4v) is 5.15. The average molecular weight is 557 g/mol. The zero-order valence-electron chi connectivity index (χ0n) is 19.9. The van der Waals surface area contributed by atoms with Gasteiger partial charge in [0.15, 0.2) is 4.87 Å². The first-order valence-corrected chi connectivity index (χ1v) is 13.1. The van der Waals surface area contributed by atoms with Crippen molar-refractivity contribution in [3.05, 3.63) is 102 Å². The van der Waals surface area contributed by atoms with Crippen LogP contribution < -0.4 is 10.0 Å². The van der Waals surface area contributed by atoms with Crippen LogP contribution in [-0.2, 0) is 24.3 Å². The van der Waals surface area contributed by atoms with Gasteiger partial charge in [-0.15, -0.1) is 11.6 Å². The third-order valence-corrected chi connectivity index (χ3v) is 7.75. The predicted molar refractivity (Wildman–Crippen MR) is 142 cm³/mol. The molecule has 1 aliphatic carbocycles. The molecule has 0 fully saturated rings. The quantitative estimate of drug-likeness (QED) is 0.168. The maximum absolute atomic E-state index is 13.3. The summed E-state index contributed by atoms with van der Waals surface area (Å²) in [7, 11) is -3.00. The first-order chi connectivity index (χ1) is 18.0. The van der Waals surface area contributed by atoms with Gasteiger partial charge in [-0.3, -0.25) is 14.3 Å². The lowest BCUT2D eigenvalue weighted by atomic mass is 9.82. The fraction of sp³-hybridized carbons (Fsp3) is 0.111. The molecule has 4 rings (SSSR count). The van der Waals surface area contributed by atoms with Crippen molar-refractivity contribution in [2.75, 3.05) is 17.1 Å². The molecule has 0 saturated heterocycles. The van der Waals surface area contributed by atoms with Crippen molar-refractivity contribution in [1.82, 2.24) is 0 Å². The van der Waals surface area contributed by atoms with Crippen molar-refractivity contribution < 1.29 is 32.2 Å². The Morgan fingerprint density at radius 2 is 1.74 bits per heavy atom. The van der Waals surface area contributed by atoms with E-state index in [2.05, 4.69) is 10.0 Å². The number of esters is 1. The highest BCUT2D eigenvalue weighted by molar-refractivity contribution is 7.92. The third-order valence-electron chi connectivity index (χ3n) is 5.84. The molecule has 0 saturated carbocycles. The van der Waals surface area contributed by atoms with Crippen LogP contribution in [-0.4, -0.2) is 37.4 Å². The summed E-state index contributed by atoms with van der Waals surface area (Å²) in [5, 5.41) is 12.8. The summed E-state index contributed by atoms with van der Waals surface area (Å²) >= 11 is 6.70. The molecule has 0 aromatic heterocycles. The number of sulfonamides is 1. The Morgan fingerprint density at radius 3 is 2.39 bits per heavy atom. The first kappa shape index (κ1) is 26.9. The van der Waals surface area contributed by atoms with E-state index in [1.807, 2.05) is 30.3 Å². The SMILES string of the molecule is COC(=O)C1C=C(c2ccccc2)C=CC1(Cl)C(=O)Nc1ccc(O)c(NS(=O)(=O)c2ccc(F)cc2)c1. The number of methoxy groups -OCH3 is 1. The van der Waals surface area contributed by atoms with Crippen LogP contribution in [0.2, 0.25) is 0 Å². The number of carbonyl (C=O) groups is 2. The Morgan fingerprint density at radius 1 is 1.05 bits per heavy atom. The molecule has 1 aliphatic rings. The monoisotopic (exact) mass is 556 g/mol. The minimum Gasteiger partial charge on any atom is -0.506 e. The van der Waals surface area contributed by atoms with Crippen molar-refractivity contribution in [2.45, 2.75) is 9.77 Å². The van der Waals surface area contributed by atoms with Crippen LogP contribution in [0.3, 0.4) is 0 Å². The van der Waals surface area contributed by atoms with Gasteiger partial charge in [-0.2, -0.15) is 0 Å². The van der Waals surface area contributed by atoms with E-state index >= 15 is 0 Å². The highest BCUT2D eigenvalue weighted by Gasteiger charge is 2.47. The summed E-state index contributed by atoms with van der Waals surface area (Å²) in [6.45, 7) is 0. The maximum atomic E-state index is 13.3. The van der Waals surface area contributed by atoms with Crippen LogP contribution in [0.5, 0.6) is 5.75 Å². The number of aromatic hydroxyl groups is 1. The zero-order chi connectivity index (χ0) is 27.5. The number of nitrogens with one attached hydrogen (secondary N) is 2. The van der Waals surface area contributed by atoms with Crippen molar-refractivity contribution in [3.8, 4) is 5.75 Å². The summed E-state index contributed by atoms with van der Waals surface area (Å²) in [5.74, 6) is -3.73. The average Bonchev–Trinajstić information content (AvgIpc) is 2.91. The molecule has 3 aromatic carbocycles. The summed E-state index contributed by atoms with van der Waals surface area (Å²) in [6.07, 6.45) is 4.57. The molecule has 0 heterocycles. The van der Waals surface area contributed by atoms with E-state index in [4.69, 9.17) is 16.3 Å². The Kier molecular flexibility index (Phi) is 7.56. The molecule has 8 nitrogen and oxygen atoms in total. The molecule has 3 N–H and O–H groups in total. The molecule has 2 atom stereocenters. The lowest BCUT2D eigenvalue weighted by Gasteiger charge is -2.31. The number of amides is 1. The van der Waals surface area contributed by atoms with Gasteiger partial charge in [-0.25, -0.2) is 12.8 Å². The number of rotatable bonds is 7. The molecule has 196 valence electrons. The second-order valence-electron chi connectivity index (χ2n) is 8.34. The number of phenols is 1. The van der Waals surface area contributed by atoms with E-state index in [1.54, 1.807) is 12.2 Å². The second-order valence-corrected chi connectivity index (χ2v) is 10.6. The van der Waals surface area contributed by atoms with E-state index in [0.717, 1.165) is 29.8 Å². The summed E-state index contributed by atoms with van der Waals surface area (Å²) in [5.41, 5.74) is 1.32. The standard InChI is InChI=1S/C27H22ClFN2O6S/c1-37-25(33)22-15-18(17-5-3-2-4-6-17)13-14-27(22,28)26(34)30-20-9-12-24(32)23(16-20)31-38(35,36)21-10-7-19(29)8-11-21/h2-16,22,31-32H,1H3,(H,30,34). The number of hydrogen-bond donors (Lipinski definition) is 3. The molecule has 2 unspecified atom stereocenters. The van der Waals surface area contributed by atoms with Gasteiger partial charge in [0.05, 0.1) is 17.7 Å². The number of benzene rings is 3. The number of ether oxygens (including phenoxy) is 1. The Hall–Kier alpha value is -4.15. The van der Waals surface area contributed by atoms with Gasteiger partial charge in [0.25, 0.3) is 15.9 Å². The summed E-state index contributed by atoms with van der Waals surface area (Å²) < 4.78 is 45.6. The molecular formula is C27H22ClFN2O6S. The summed E-state index contributed by atoms with van der Waals surface area (Å²) in [4.78, 5) is 23.9. The lowest BCUT2D eigenvalue weighted by Crippen LogP contribution is -2.47. The normalized spacial score (nSPS) is 18.8. The van der Waals surface area contributed by atoms with Crippen molar-refractivity contribution >= 4 is 50.4 Å². The van der Waals surface area contributed by atoms with Gasteiger partial charge >= 0.3 is 5.97 Å². The molecule has 1 amide bonds. The van der Waals surface area contributed by atoms with Gasteiger partial charge < -0.3 is 15.2 Å². The van der Waals surface area contributed by atoms with Crippen molar-refractivity contribution in [3.63, 3.8) is 0 Å². The topological polar surface area (TPSA) is 122 Å². The van der Waals surface area contributed by atoms with Gasteiger partial charge in [-0.05, 0) is 53.6 Å². The lowest BCUT2D eigenvalue weighted by molar-refractivity contribution is -0.145. The molecule has 0 spiro atoms. The van der Waals surface area contributed by atoms with Gasteiger partial charge in [-0.1, -0.05) is 48.6 Å². The predicted octanol–water partition coefficient (Wildman–Crippen LogP) is 4.69. The van der Waals surface area contributed by atoms with Crippen LogP contribution in [0, 0.1) is 11.7 Å². The number of carbonyl (C=O) groups excluding carboxylic acids is 2. The van der Waals surface area contributed by atoms with Crippen LogP contribution in [0.1, 0.15) is 5.56 Å². The molecule has 0 bridgehead atoms. The Labute approximate surface area is 223 Å². The van der Waals surface area contributed by atoms with Crippen molar-refractivity contribution in [2.24, 2.45) is 5.92 Å². The Balaban J connectivity index is 1.59. The third kappa shape index (κ3) is 5.56. The number of hydrogen-bond acceptors (Lipinski definition) is 6. The molecule has 11 heteroatoms. The van der Waals surface area contributed by atoms with Gasteiger partial charge in [0.1, 0.15) is 17.5 Å². The van der Waals surface area contributed by atoms with Crippen LogP contribution in [0.25, 0.3) is 5.57 Å². The van der Waals surface area contributed by atoms with E-state index in [-0.39, 0.29) is 16.3 Å². The minimum absolute atomic E-state index is 0.0829. The van der Waals surface area contributed by atoms with Gasteiger partial charge in [0, 0.05) is 5.69 Å². The van der Waals surface area contributed by atoms with Crippen LogP contribution >= 0.6 is 11.6 Å². The second kappa shape index (κ2) is 10.7. The fourth-order valence-electron chi connectivity index (χ4n) is 3.82. The molecule has 38 heavy (non-hydrogen) atoms. The van der Waals surface area contributed by atoms with Crippen molar-refractivity contribution in [1.29, 1.82) is 0 Å². The number of allylic oxidation sites excluding steroid dienone is 2. The number of phenolic OH excluding ortho intramolecular Hbond substituents is 1. The minimum atomic E-state index is -4.18. The highest BCUT2D eigenvalue weighted by Crippen LogP contribution is 2.39. The maximum Gasteiger partial charge on any atom is 0.315 e. The molecule has 3 aromatic rings. The largest absolute Gasteiger partial charge is 0.506 e. The van der Waals surface area contributed by atoms with E-state index < -0.39 is 44.3 Å². The zero-order valence-corrected chi connectivity index (χ0v) is 21.5. The molecule has 0 radical (unpaired) electrons. The van der Waals surface area contributed by atoms with Gasteiger partial charge in [0.2, 0.25) is 0 Å².